The maximum atomic E-state index is 4.97. The van der Waals surface area contributed by atoms with Crippen LogP contribution in [0.2, 0.25) is 0 Å². The Morgan fingerprint density at radius 3 is 1.80 bits per heavy atom. The first-order valence-electron chi connectivity index (χ1n) is 8.70. The summed E-state index contributed by atoms with van der Waals surface area (Å²) in [5, 5.41) is 1.19. The SMILES string of the molecule is CC(C)C1=Nc2ccccc2C(c2ccccc2)(c2ccccc2)S1. The van der Waals surface area contributed by atoms with E-state index < -0.39 is 0 Å². The molecule has 3 aromatic rings. The van der Waals surface area contributed by atoms with Gasteiger partial charge in [0.25, 0.3) is 0 Å². The average Bonchev–Trinajstić information content (AvgIpc) is 2.68. The van der Waals surface area contributed by atoms with Crippen molar-refractivity contribution < 1.29 is 0 Å². The van der Waals surface area contributed by atoms with Gasteiger partial charge in [-0.1, -0.05) is 104 Å². The van der Waals surface area contributed by atoms with Crippen LogP contribution in [0, 0.1) is 5.92 Å². The Bertz CT molecular complexity index is 858. The minimum atomic E-state index is -0.263. The smallest absolute Gasteiger partial charge is 0.0986 e. The van der Waals surface area contributed by atoms with Crippen LogP contribution in [0.15, 0.2) is 89.9 Å². The maximum Gasteiger partial charge on any atom is 0.0986 e. The van der Waals surface area contributed by atoms with E-state index in [1.807, 2.05) is 11.8 Å². The molecule has 1 nitrogen and oxygen atoms in total. The zero-order chi connectivity index (χ0) is 17.3. The number of rotatable bonds is 3. The molecule has 0 unspecified atom stereocenters. The first kappa shape index (κ1) is 16.2. The van der Waals surface area contributed by atoms with E-state index in [0.717, 1.165) is 5.69 Å². The molecule has 0 amide bonds. The highest BCUT2D eigenvalue weighted by Gasteiger charge is 2.42. The van der Waals surface area contributed by atoms with Crippen LogP contribution in [-0.4, -0.2) is 5.04 Å². The topological polar surface area (TPSA) is 12.4 Å². The molecule has 2 heteroatoms. The van der Waals surface area contributed by atoms with Crippen molar-refractivity contribution >= 4 is 22.5 Å². The van der Waals surface area contributed by atoms with Gasteiger partial charge in [0.2, 0.25) is 0 Å². The summed E-state index contributed by atoms with van der Waals surface area (Å²) in [5.74, 6) is 0.394. The molecule has 0 aliphatic carbocycles. The molecule has 1 aliphatic heterocycles. The Balaban J connectivity index is 2.06. The minimum Gasteiger partial charge on any atom is -0.246 e. The van der Waals surface area contributed by atoms with Gasteiger partial charge in [0.05, 0.1) is 15.5 Å². The van der Waals surface area contributed by atoms with E-state index in [0.29, 0.717) is 5.92 Å². The van der Waals surface area contributed by atoms with Crippen molar-refractivity contribution in [1.29, 1.82) is 0 Å². The van der Waals surface area contributed by atoms with Gasteiger partial charge >= 0.3 is 0 Å². The molecule has 3 aromatic carbocycles. The average molecular weight is 343 g/mol. The number of aliphatic imine (C=N–C) groups is 1. The van der Waals surface area contributed by atoms with E-state index in [2.05, 4.69) is 98.8 Å². The molecule has 0 saturated carbocycles. The van der Waals surface area contributed by atoms with E-state index >= 15 is 0 Å². The van der Waals surface area contributed by atoms with E-state index in [4.69, 9.17) is 4.99 Å². The zero-order valence-corrected chi connectivity index (χ0v) is 15.3. The normalized spacial score (nSPS) is 15.6. The third-order valence-corrected chi connectivity index (χ3v) is 6.40. The lowest BCUT2D eigenvalue weighted by Gasteiger charge is -2.39. The van der Waals surface area contributed by atoms with Gasteiger partial charge < -0.3 is 0 Å². The molecule has 0 spiro atoms. The molecule has 0 atom stereocenters. The first-order valence-corrected chi connectivity index (χ1v) is 9.51. The quantitative estimate of drug-likeness (QED) is 0.535. The van der Waals surface area contributed by atoms with Crippen molar-refractivity contribution in [1.82, 2.24) is 0 Å². The molecule has 4 rings (SSSR count). The molecule has 25 heavy (non-hydrogen) atoms. The van der Waals surface area contributed by atoms with Gasteiger partial charge in [-0.2, -0.15) is 0 Å². The van der Waals surface area contributed by atoms with Gasteiger partial charge in [-0.15, -0.1) is 0 Å². The van der Waals surface area contributed by atoms with E-state index in [1.54, 1.807) is 0 Å². The molecule has 0 bridgehead atoms. The standard InChI is InChI=1S/C23H21NS/c1-17(2)22-24-21-16-10-9-15-20(21)23(25-22,18-11-5-3-6-12-18)19-13-7-4-8-14-19/h3-17H,1-2H3. The van der Waals surface area contributed by atoms with Gasteiger partial charge in [0.1, 0.15) is 0 Å². The lowest BCUT2D eigenvalue weighted by Crippen LogP contribution is -2.30. The Labute approximate surface area is 153 Å². The Kier molecular flexibility index (Phi) is 4.22. The predicted octanol–water partition coefficient (Wildman–Crippen LogP) is 6.41. The summed E-state index contributed by atoms with van der Waals surface area (Å²) in [6.45, 7) is 4.45. The lowest BCUT2D eigenvalue weighted by molar-refractivity contribution is 0.867. The number of hydrogen-bond acceptors (Lipinski definition) is 2. The summed E-state index contributed by atoms with van der Waals surface area (Å²) in [6.07, 6.45) is 0. The van der Waals surface area contributed by atoms with Gasteiger partial charge in [-0.05, 0) is 17.2 Å². The fourth-order valence-corrected chi connectivity index (χ4v) is 4.89. The summed E-state index contributed by atoms with van der Waals surface area (Å²) < 4.78 is -0.263. The summed E-state index contributed by atoms with van der Waals surface area (Å²) >= 11 is 1.89. The fourth-order valence-electron chi connectivity index (χ4n) is 3.41. The monoisotopic (exact) mass is 343 g/mol. The van der Waals surface area contributed by atoms with Crippen LogP contribution in [0.5, 0.6) is 0 Å². The number of fused-ring (bicyclic) bond motifs is 1. The number of hydrogen-bond donors (Lipinski definition) is 0. The molecule has 1 heterocycles. The zero-order valence-electron chi connectivity index (χ0n) is 14.5. The van der Waals surface area contributed by atoms with Gasteiger partial charge in [-0.25, -0.2) is 4.99 Å². The van der Waals surface area contributed by atoms with E-state index in [9.17, 15) is 0 Å². The molecule has 1 aliphatic rings. The minimum absolute atomic E-state index is 0.263. The highest BCUT2D eigenvalue weighted by Crippen LogP contribution is 2.55. The Hall–Kier alpha value is -2.32. The molecular weight excluding hydrogens is 322 g/mol. The van der Waals surface area contributed by atoms with Crippen LogP contribution in [0.3, 0.4) is 0 Å². The second-order valence-electron chi connectivity index (χ2n) is 6.64. The molecule has 0 saturated heterocycles. The Morgan fingerprint density at radius 1 is 0.720 bits per heavy atom. The highest BCUT2D eigenvalue weighted by atomic mass is 32.2. The van der Waals surface area contributed by atoms with Crippen molar-refractivity contribution in [2.45, 2.75) is 18.6 Å². The third kappa shape index (κ3) is 2.71. The van der Waals surface area contributed by atoms with Crippen LogP contribution in [-0.2, 0) is 4.75 Å². The van der Waals surface area contributed by atoms with Crippen LogP contribution >= 0.6 is 11.8 Å². The Morgan fingerprint density at radius 2 is 1.24 bits per heavy atom. The van der Waals surface area contributed by atoms with Crippen molar-refractivity contribution in [3.63, 3.8) is 0 Å². The molecule has 0 N–H and O–H groups in total. The van der Waals surface area contributed by atoms with Crippen LogP contribution in [0.25, 0.3) is 0 Å². The third-order valence-electron chi connectivity index (χ3n) is 4.63. The van der Waals surface area contributed by atoms with Crippen molar-refractivity contribution in [2.75, 3.05) is 0 Å². The van der Waals surface area contributed by atoms with Crippen molar-refractivity contribution in [3.05, 3.63) is 102 Å². The maximum absolute atomic E-state index is 4.97. The molecule has 0 aromatic heterocycles. The summed E-state index contributed by atoms with van der Waals surface area (Å²) in [4.78, 5) is 4.97. The van der Waals surface area contributed by atoms with Gasteiger partial charge in [-0.3, -0.25) is 0 Å². The molecule has 124 valence electrons. The largest absolute Gasteiger partial charge is 0.246 e. The number of benzene rings is 3. The van der Waals surface area contributed by atoms with Crippen LogP contribution < -0.4 is 0 Å². The second kappa shape index (κ2) is 6.53. The van der Waals surface area contributed by atoms with Gasteiger partial charge in [0.15, 0.2) is 0 Å². The number of para-hydroxylation sites is 1. The molecule has 0 fully saturated rings. The van der Waals surface area contributed by atoms with Crippen molar-refractivity contribution in [2.24, 2.45) is 10.9 Å². The van der Waals surface area contributed by atoms with E-state index in [1.165, 1.54) is 21.7 Å². The van der Waals surface area contributed by atoms with Crippen LogP contribution in [0.1, 0.15) is 30.5 Å². The van der Waals surface area contributed by atoms with Gasteiger partial charge in [0, 0.05) is 11.5 Å². The summed E-state index contributed by atoms with van der Waals surface area (Å²) in [7, 11) is 0. The van der Waals surface area contributed by atoms with Crippen molar-refractivity contribution in [3.8, 4) is 0 Å². The summed E-state index contributed by atoms with van der Waals surface area (Å²) in [5.41, 5.74) is 4.94. The first-order chi connectivity index (χ1) is 12.2. The summed E-state index contributed by atoms with van der Waals surface area (Å²) in [6, 6.07) is 30.2. The molecule has 0 radical (unpaired) electrons. The predicted molar refractivity (Wildman–Crippen MR) is 109 cm³/mol. The fraction of sp³-hybridized carbons (Fsp3) is 0.174. The number of thioether (sulfide) groups is 1. The van der Waals surface area contributed by atoms with E-state index in [-0.39, 0.29) is 4.75 Å². The second-order valence-corrected chi connectivity index (χ2v) is 7.87. The molecular formula is C23H21NS. The lowest BCUT2D eigenvalue weighted by atomic mass is 9.83. The highest BCUT2D eigenvalue weighted by molar-refractivity contribution is 8.15. The van der Waals surface area contributed by atoms with Crippen LogP contribution in [0.4, 0.5) is 5.69 Å². The number of nitrogens with zero attached hydrogens (tertiary/aromatic N) is 1.